The second-order valence-electron chi connectivity index (χ2n) is 8.92. The molecule has 0 radical (unpaired) electrons. The Balaban J connectivity index is 1.44. The van der Waals surface area contributed by atoms with E-state index in [1.165, 1.54) is 0 Å². The third-order valence-corrected chi connectivity index (χ3v) is 6.69. The number of hydrazine groups is 1. The van der Waals surface area contributed by atoms with Gasteiger partial charge in [-0.15, -0.1) is 0 Å². The Kier molecular flexibility index (Phi) is 8.41. The fraction of sp³-hybridized carbons (Fsp3) is 0.156. The van der Waals surface area contributed by atoms with Crippen LogP contribution >= 0.6 is 0 Å². The van der Waals surface area contributed by atoms with E-state index in [2.05, 4.69) is 15.8 Å². The first-order chi connectivity index (χ1) is 19.7. The van der Waals surface area contributed by atoms with Crippen LogP contribution < -0.4 is 29.9 Å². The maximum Gasteiger partial charge on any atom is 0.256 e. The molecule has 40 heavy (non-hydrogen) atoms. The quantitative estimate of drug-likeness (QED) is 0.0698. The van der Waals surface area contributed by atoms with E-state index in [-0.39, 0.29) is 6.73 Å². The van der Waals surface area contributed by atoms with E-state index < -0.39 is 5.54 Å². The topological polar surface area (TPSA) is 83.1 Å². The van der Waals surface area contributed by atoms with Gasteiger partial charge < -0.3 is 19.1 Å². The van der Waals surface area contributed by atoms with Gasteiger partial charge in [-0.1, -0.05) is 54.6 Å². The molecule has 2 N–H and O–H groups in total. The van der Waals surface area contributed by atoms with Crippen LogP contribution in [-0.2, 0) is 10.4 Å². The van der Waals surface area contributed by atoms with E-state index >= 15 is 0 Å². The monoisotopic (exact) mass is 537 g/mol. The Labute approximate surface area is 233 Å². The standard InChI is InChI=1S/C32H31N3O5/c1-36-27-15-9-24(10-16-27)32(25-11-17-28(37-2)18-12-25,26-13-19-29(38-3)20-14-26)35-33-22-39-40-31-21-8-23-6-4-5-7-30(23)34-31/h4-21,33,35H,22H2,1-3H3. The van der Waals surface area contributed by atoms with Gasteiger partial charge in [0.05, 0.1) is 26.8 Å². The van der Waals surface area contributed by atoms with Crippen molar-refractivity contribution in [2.75, 3.05) is 28.1 Å². The highest BCUT2D eigenvalue weighted by atomic mass is 17.2. The van der Waals surface area contributed by atoms with Crippen LogP contribution in [0.4, 0.5) is 0 Å². The van der Waals surface area contributed by atoms with Gasteiger partial charge in [0.2, 0.25) is 0 Å². The van der Waals surface area contributed by atoms with E-state index in [1.54, 1.807) is 27.4 Å². The van der Waals surface area contributed by atoms with Gasteiger partial charge >= 0.3 is 0 Å². The van der Waals surface area contributed by atoms with Gasteiger partial charge in [0.1, 0.15) is 22.8 Å². The summed E-state index contributed by atoms with van der Waals surface area (Å²) in [7, 11) is 4.95. The number of benzene rings is 4. The molecule has 5 aromatic rings. The number of para-hydroxylation sites is 1. The van der Waals surface area contributed by atoms with Gasteiger partial charge in [0.15, 0.2) is 6.73 Å². The van der Waals surface area contributed by atoms with Crippen LogP contribution in [0.5, 0.6) is 23.1 Å². The number of methoxy groups -OCH3 is 3. The average molecular weight is 538 g/mol. The number of hydrogen-bond donors (Lipinski definition) is 2. The van der Waals surface area contributed by atoms with Crippen molar-refractivity contribution >= 4 is 10.9 Å². The number of pyridine rings is 1. The molecule has 0 amide bonds. The van der Waals surface area contributed by atoms with Crippen molar-refractivity contribution in [3.8, 4) is 23.1 Å². The zero-order chi connectivity index (χ0) is 27.8. The molecule has 4 aromatic carbocycles. The third kappa shape index (κ3) is 5.69. The van der Waals surface area contributed by atoms with Crippen LogP contribution in [0.1, 0.15) is 16.7 Å². The van der Waals surface area contributed by atoms with E-state index in [0.29, 0.717) is 5.88 Å². The fourth-order valence-electron chi connectivity index (χ4n) is 4.62. The molecule has 0 bridgehead atoms. The lowest BCUT2D eigenvalue weighted by atomic mass is 9.77. The summed E-state index contributed by atoms with van der Waals surface area (Å²) in [6.07, 6.45) is 0. The lowest BCUT2D eigenvalue weighted by molar-refractivity contribution is -0.218. The van der Waals surface area contributed by atoms with Crippen LogP contribution in [0.25, 0.3) is 10.9 Å². The Morgan fingerprint density at radius 3 is 1.60 bits per heavy atom. The van der Waals surface area contributed by atoms with Crippen molar-refractivity contribution in [3.63, 3.8) is 0 Å². The zero-order valence-electron chi connectivity index (χ0n) is 22.6. The van der Waals surface area contributed by atoms with Crippen molar-refractivity contribution in [3.05, 3.63) is 126 Å². The van der Waals surface area contributed by atoms with Crippen molar-refractivity contribution in [2.24, 2.45) is 0 Å². The van der Waals surface area contributed by atoms with E-state index in [9.17, 15) is 0 Å². The number of ether oxygens (including phenoxy) is 3. The van der Waals surface area contributed by atoms with Gasteiger partial charge in [-0.2, -0.15) is 4.89 Å². The smallest absolute Gasteiger partial charge is 0.256 e. The molecule has 0 unspecified atom stereocenters. The molecule has 1 heterocycles. The molecule has 0 spiro atoms. The van der Waals surface area contributed by atoms with Crippen molar-refractivity contribution in [2.45, 2.75) is 5.54 Å². The third-order valence-electron chi connectivity index (χ3n) is 6.69. The summed E-state index contributed by atoms with van der Waals surface area (Å²) in [5.74, 6) is 2.64. The normalized spacial score (nSPS) is 11.3. The minimum Gasteiger partial charge on any atom is -0.497 e. The predicted octanol–water partition coefficient (Wildman–Crippen LogP) is 5.61. The Morgan fingerprint density at radius 2 is 1.10 bits per heavy atom. The lowest BCUT2D eigenvalue weighted by Crippen LogP contribution is -2.52. The summed E-state index contributed by atoms with van der Waals surface area (Å²) in [4.78, 5) is 15.4. The molecule has 204 valence electrons. The maximum absolute atomic E-state index is 5.49. The lowest BCUT2D eigenvalue weighted by Gasteiger charge is -2.37. The summed E-state index contributed by atoms with van der Waals surface area (Å²) in [6, 6.07) is 35.3. The van der Waals surface area contributed by atoms with Crippen LogP contribution in [0.2, 0.25) is 0 Å². The van der Waals surface area contributed by atoms with Crippen molar-refractivity contribution < 1.29 is 24.0 Å². The first-order valence-corrected chi connectivity index (χ1v) is 12.7. The van der Waals surface area contributed by atoms with Crippen molar-refractivity contribution in [1.29, 1.82) is 0 Å². The number of hydrogen-bond acceptors (Lipinski definition) is 8. The van der Waals surface area contributed by atoms with Gasteiger partial charge in [-0.25, -0.2) is 15.8 Å². The molecule has 0 aliphatic carbocycles. The zero-order valence-corrected chi connectivity index (χ0v) is 22.6. The van der Waals surface area contributed by atoms with Crippen LogP contribution in [0.15, 0.2) is 109 Å². The highest BCUT2D eigenvalue weighted by molar-refractivity contribution is 5.78. The maximum atomic E-state index is 5.49. The molecular weight excluding hydrogens is 506 g/mol. The highest BCUT2D eigenvalue weighted by Gasteiger charge is 2.36. The number of aromatic nitrogens is 1. The highest BCUT2D eigenvalue weighted by Crippen LogP contribution is 2.38. The second kappa shape index (κ2) is 12.5. The number of fused-ring (bicyclic) bond motifs is 1. The molecule has 8 heteroatoms. The largest absolute Gasteiger partial charge is 0.497 e. The first kappa shape index (κ1) is 27.0. The van der Waals surface area contributed by atoms with Crippen LogP contribution in [0, 0.1) is 0 Å². The second-order valence-corrected chi connectivity index (χ2v) is 8.92. The Bertz CT molecular complexity index is 1410. The minimum atomic E-state index is -0.838. The number of rotatable bonds is 12. The minimum absolute atomic E-state index is 0.0265. The number of nitrogens with one attached hydrogen (secondary N) is 2. The van der Waals surface area contributed by atoms with Crippen molar-refractivity contribution in [1.82, 2.24) is 15.8 Å². The molecule has 0 saturated heterocycles. The molecule has 0 saturated carbocycles. The summed E-state index contributed by atoms with van der Waals surface area (Å²) < 4.78 is 16.3. The molecule has 8 nitrogen and oxygen atoms in total. The van der Waals surface area contributed by atoms with Gasteiger partial charge in [-0.05, 0) is 65.2 Å². The molecule has 5 rings (SSSR count). The van der Waals surface area contributed by atoms with E-state index in [4.69, 9.17) is 24.0 Å². The SMILES string of the molecule is COc1ccc(C(NNCOOc2ccc3ccccc3n2)(c2ccc(OC)cc2)c2ccc(OC)cc2)cc1. The molecule has 0 aliphatic rings. The molecule has 0 aliphatic heterocycles. The summed E-state index contributed by atoms with van der Waals surface area (Å²) in [5, 5.41) is 1.03. The summed E-state index contributed by atoms with van der Waals surface area (Å²) in [5.41, 5.74) is 9.59. The Hall–Kier alpha value is -4.63. The first-order valence-electron chi connectivity index (χ1n) is 12.7. The molecule has 1 aromatic heterocycles. The van der Waals surface area contributed by atoms with Gasteiger partial charge in [-0.3, -0.25) is 0 Å². The molecule has 0 atom stereocenters. The van der Waals surface area contributed by atoms with Crippen LogP contribution in [-0.4, -0.2) is 33.0 Å². The van der Waals surface area contributed by atoms with Crippen LogP contribution in [0.3, 0.4) is 0 Å². The van der Waals surface area contributed by atoms with E-state index in [1.807, 2.05) is 103 Å². The number of nitrogens with zero attached hydrogens (tertiary/aromatic N) is 1. The van der Waals surface area contributed by atoms with E-state index in [0.717, 1.165) is 44.8 Å². The molecular formula is C32H31N3O5. The Morgan fingerprint density at radius 1 is 0.600 bits per heavy atom. The van der Waals surface area contributed by atoms with Gasteiger partial charge in [0.25, 0.3) is 5.88 Å². The molecule has 0 fully saturated rings. The summed E-state index contributed by atoms with van der Waals surface area (Å²) >= 11 is 0. The summed E-state index contributed by atoms with van der Waals surface area (Å²) in [6.45, 7) is 0.0265. The average Bonchev–Trinajstić information content (AvgIpc) is 3.03. The van der Waals surface area contributed by atoms with Gasteiger partial charge in [0, 0.05) is 11.5 Å². The predicted molar refractivity (Wildman–Crippen MR) is 153 cm³/mol. The fourth-order valence-corrected chi connectivity index (χ4v) is 4.62.